The average Bonchev–Trinajstić information content (AvgIpc) is 2.47. The molecule has 2 unspecified atom stereocenters. The summed E-state index contributed by atoms with van der Waals surface area (Å²) in [5.41, 5.74) is 1.17. The van der Waals surface area contributed by atoms with Crippen molar-refractivity contribution in [1.82, 2.24) is 4.98 Å². The van der Waals surface area contributed by atoms with Crippen molar-refractivity contribution in [1.29, 1.82) is 0 Å². The van der Waals surface area contributed by atoms with Crippen LogP contribution in [0.15, 0.2) is 18.3 Å². The van der Waals surface area contributed by atoms with Gasteiger partial charge in [0.05, 0.1) is 12.7 Å². The van der Waals surface area contributed by atoms with Crippen molar-refractivity contribution in [3.63, 3.8) is 0 Å². The van der Waals surface area contributed by atoms with Crippen molar-refractivity contribution in [2.24, 2.45) is 5.92 Å². The van der Waals surface area contributed by atoms with E-state index in [9.17, 15) is 0 Å². The summed E-state index contributed by atoms with van der Waals surface area (Å²) in [6, 6.07) is 4.09. The third kappa shape index (κ3) is 3.93. The Balaban J connectivity index is 1.93. The van der Waals surface area contributed by atoms with Gasteiger partial charge in [0, 0.05) is 18.3 Å². The van der Waals surface area contributed by atoms with E-state index in [0.29, 0.717) is 12.7 Å². The lowest BCUT2D eigenvalue weighted by Gasteiger charge is -2.31. The molecule has 1 saturated carbocycles. The molecule has 3 nitrogen and oxygen atoms in total. The van der Waals surface area contributed by atoms with Gasteiger partial charge < -0.3 is 10.1 Å². The van der Waals surface area contributed by atoms with Crippen LogP contribution < -0.4 is 5.32 Å². The molecule has 0 amide bonds. The molecule has 2 atom stereocenters. The first-order valence-electron chi connectivity index (χ1n) is 7.64. The molecule has 19 heavy (non-hydrogen) atoms. The first kappa shape index (κ1) is 14.3. The molecule has 1 fully saturated rings. The maximum Gasteiger partial charge on any atom is 0.131 e. The zero-order valence-corrected chi connectivity index (χ0v) is 12.2. The van der Waals surface area contributed by atoms with E-state index in [-0.39, 0.29) is 0 Å². The molecule has 3 heteroatoms. The van der Waals surface area contributed by atoms with E-state index in [2.05, 4.69) is 30.2 Å². The fourth-order valence-corrected chi connectivity index (χ4v) is 2.94. The average molecular weight is 262 g/mol. The molecule has 0 aromatic carbocycles. The molecule has 2 rings (SSSR count). The SMILES string of the molecule is CCNc1ncccc1COC1CCCCC1CC. The molecular formula is C16H26N2O. The van der Waals surface area contributed by atoms with Crippen LogP contribution in [0.1, 0.15) is 51.5 Å². The van der Waals surface area contributed by atoms with E-state index in [1.807, 2.05) is 12.3 Å². The lowest BCUT2D eigenvalue weighted by atomic mass is 9.85. The normalized spacial score (nSPS) is 23.3. The van der Waals surface area contributed by atoms with E-state index in [4.69, 9.17) is 4.74 Å². The molecule has 0 bridgehead atoms. The zero-order chi connectivity index (χ0) is 13.5. The number of hydrogen-bond acceptors (Lipinski definition) is 3. The number of anilines is 1. The van der Waals surface area contributed by atoms with Crippen LogP contribution in [0.5, 0.6) is 0 Å². The lowest BCUT2D eigenvalue weighted by Crippen LogP contribution is -2.27. The van der Waals surface area contributed by atoms with Crippen molar-refractivity contribution in [3.8, 4) is 0 Å². The molecule has 1 aromatic heterocycles. The zero-order valence-electron chi connectivity index (χ0n) is 12.2. The standard InChI is InChI=1S/C16H26N2O/c1-3-13-8-5-6-10-15(13)19-12-14-9-7-11-18-16(14)17-4-2/h7,9,11,13,15H,3-6,8,10,12H2,1-2H3,(H,17,18). The minimum absolute atomic E-state index is 0.438. The Labute approximate surface area is 116 Å². The lowest BCUT2D eigenvalue weighted by molar-refractivity contribution is -0.0220. The molecule has 1 heterocycles. The molecule has 0 spiro atoms. The van der Waals surface area contributed by atoms with Gasteiger partial charge in [-0.25, -0.2) is 4.98 Å². The quantitative estimate of drug-likeness (QED) is 0.841. The number of nitrogens with one attached hydrogen (secondary N) is 1. The molecule has 0 saturated heterocycles. The Kier molecular flexibility index (Phi) is 5.64. The maximum atomic E-state index is 6.18. The second-order valence-electron chi connectivity index (χ2n) is 5.34. The summed E-state index contributed by atoms with van der Waals surface area (Å²) in [5, 5.41) is 3.30. The molecular weight excluding hydrogens is 236 g/mol. The van der Waals surface area contributed by atoms with Crippen LogP contribution >= 0.6 is 0 Å². The topological polar surface area (TPSA) is 34.2 Å². The Morgan fingerprint density at radius 3 is 2.95 bits per heavy atom. The molecule has 1 aliphatic carbocycles. The van der Waals surface area contributed by atoms with Crippen LogP contribution in [0.4, 0.5) is 5.82 Å². The van der Waals surface area contributed by atoms with Crippen molar-refractivity contribution in [2.45, 2.75) is 58.7 Å². The van der Waals surface area contributed by atoms with Gasteiger partial charge in [-0.3, -0.25) is 0 Å². The van der Waals surface area contributed by atoms with Crippen molar-refractivity contribution < 1.29 is 4.74 Å². The second kappa shape index (κ2) is 7.49. The first-order valence-corrected chi connectivity index (χ1v) is 7.64. The fraction of sp³-hybridized carbons (Fsp3) is 0.688. The Morgan fingerprint density at radius 1 is 1.32 bits per heavy atom. The van der Waals surface area contributed by atoms with Gasteiger partial charge in [-0.05, 0) is 31.7 Å². The highest BCUT2D eigenvalue weighted by Crippen LogP contribution is 2.30. The van der Waals surface area contributed by atoms with Crippen molar-refractivity contribution in [2.75, 3.05) is 11.9 Å². The summed E-state index contributed by atoms with van der Waals surface area (Å²) in [6.07, 6.45) is 8.73. The van der Waals surface area contributed by atoms with Gasteiger partial charge in [-0.1, -0.05) is 32.3 Å². The smallest absolute Gasteiger partial charge is 0.131 e. The van der Waals surface area contributed by atoms with Gasteiger partial charge in [-0.2, -0.15) is 0 Å². The van der Waals surface area contributed by atoms with Gasteiger partial charge in [0.15, 0.2) is 0 Å². The molecule has 0 aliphatic heterocycles. The van der Waals surface area contributed by atoms with Gasteiger partial charge in [0.1, 0.15) is 5.82 Å². The van der Waals surface area contributed by atoms with E-state index in [1.54, 1.807) is 0 Å². The van der Waals surface area contributed by atoms with Crippen LogP contribution in [0.2, 0.25) is 0 Å². The third-order valence-corrected chi connectivity index (χ3v) is 4.05. The predicted molar refractivity (Wildman–Crippen MR) is 79.2 cm³/mol. The molecule has 106 valence electrons. The van der Waals surface area contributed by atoms with Gasteiger partial charge in [-0.15, -0.1) is 0 Å². The molecule has 1 aromatic rings. The number of aromatic nitrogens is 1. The third-order valence-electron chi connectivity index (χ3n) is 4.05. The minimum Gasteiger partial charge on any atom is -0.373 e. The second-order valence-corrected chi connectivity index (χ2v) is 5.34. The summed E-state index contributed by atoms with van der Waals surface area (Å²) in [6.45, 7) is 5.94. The molecule has 1 N–H and O–H groups in total. The van der Waals surface area contributed by atoms with E-state index >= 15 is 0 Å². The first-order chi connectivity index (χ1) is 9.35. The number of nitrogens with zero attached hydrogens (tertiary/aromatic N) is 1. The van der Waals surface area contributed by atoms with Crippen LogP contribution in [-0.4, -0.2) is 17.6 Å². The molecule has 1 aliphatic rings. The largest absolute Gasteiger partial charge is 0.373 e. The number of rotatable bonds is 6. The van der Waals surface area contributed by atoms with Crippen LogP contribution in [-0.2, 0) is 11.3 Å². The predicted octanol–water partition coefficient (Wildman–Crippen LogP) is 4.00. The van der Waals surface area contributed by atoms with Crippen molar-refractivity contribution in [3.05, 3.63) is 23.9 Å². The number of hydrogen-bond donors (Lipinski definition) is 1. The van der Waals surface area contributed by atoms with E-state index in [1.165, 1.54) is 37.7 Å². The summed E-state index contributed by atoms with van der Waals surface area (Å²) in [5.74, 6) is 1.71. The highest BCUT2D eigenvalue weighted by Gasteiger charge is 2.24. The number of pyridine rings is 1. The Morgan fingerprint density at radius 2 is 2.16 bits per heavy atom. The van der Waals surface area contributed by atoms with Crippen LogP contribution in [0.3, 0.4) is 0 Å². The van der Waals surface area contributed by atoms with E-state index in [0.717, 1.165) is 18.3 Å². The highest BCUT2D eigenvalue weighted by molar-refractivity contribution is 5.43. The Bertz CT molecular complexity index is 381. The minimum atomic E-state index is 0.438. The maximum absolute atomic E-state index is 6.18. The summed E-state index contributed by atoms with van der Waals surface area (Å²) in [4.78, 5) is 4.38. The number of ether oxygens (including phenoxy) is 1. The summed E-state index contributed by atoms with van der Waals surface area (Å²) < 4.78 is 6.18. The van der Waals surface area contributed by atoms with Crippen LogP contribution in [0, 0.1) is 5.92 Å². The highest BCUT2D eigenvalue weighted by atomic mass is 16.5. The van der Waals surface area contributed by atoms with E-state index < -0.39 is 0 Å². The van der Waals surface area contributed by atoms with Gasteiger partial charge in [0.25, 0.3) is 0 Å². The van der Waals surface area contributed by atoms with Crippen LogP contribution in [0.25, 0.3) is 0 Å². The van der Waals surface area contributed by atoms with Gasteiger partial charge in [0.2, 0.25) is 0 Å². The van der Waals surface area contributed by atoms with Gasteiger partial charge >= 0.3 is 0 Å². The summed E-state index contributed by atoms with van der Waals surface area (Å²) >= 11 is 0. The monoisotopic (exact) mass is 262 g/mol. The Hall–Kier alpha value is -1.09. The van der Waals surface area contributed by atoms with Crippen molar-refractivity contribution >= 4 is 5.82 Å². The fourth-order valence-electron chi connectivity index (χ4n) is 2.94. The summed E-state index contributed by atoms with van der Waals surface area (Å²) in [7, 11) is 0. The molecule has 0 radical (unpaired) electrons.